The van der Waals surface area contributed by atoms with Gasteiger partial charge < -0.3 is 24.2 Å². The zero-order valence-electron chi connectivity index (χ0n) is 13.2. The van der Waals surface area contributed by atoms with Crippen molar-refractivity contribution in [3.8, 4) is 11.5 Å². The molecule has 0 radical (unpaired) electrons. The summed E-state index contributed by atoms with van der Waals surface area (Å²) < 4.78 is 15.9. The predicted octanol–water partition coefficient (Wildman–Crippen LogP) is 1.37. The Kier molecular flexibility index (Phi) is 5.63. The van der Waals surface area contributed by atoms with Gasteiger partial charge in [0.25, 0.3) is 0 Å². The lowest BCUT2D eigenvalue weighted by molar-refractivity contribution is -0.150. The Bertz CT molecular complexity index is 511. The number of hydrogen-bond donors (Lipinski definition) is 1. The molecule has 0 aromatic heterocycles. The third-order valence-corrected chi connectivity index (χ3v) is 3.89. The van der Waals surface area contributed by atoms with Crippen molar-refractivity contribution < 1.29 is 24.1 Å². The average molecular weight is 309 g/mol. The van der Waals surface area contributed by atoms with Crippen LogP contribution in [0.5, 0.6) is 11.5 Å². The Morgan fingerprint density at radius 3 is 2.59 bits per heavy atom. The maximum atomic E-state index is 11.5. The number of esters is 1. The summed E-state index contributed by atoms with van der Waals surface area (Å²) in [6.45, 7) is 1.97. The van der Waals surface area contributed by atoms with E-state index in [1.54, 1.807) is 18.2 Å². The van der Waals surface area contributed by atoms with Crippen molar-refractivity contribution in [2.24, 2.45) is 0 Å². The molecule has 1 N–H and O–H groups in total. The van der Waals surface area contributed by atoms with Gasteiger partial charge in [-0.05, 0) is 26.0 Å². The van der Waals surface area contributed by atoms with Gasteiger partial charge in [-0.15, -0.1) is 0 Å². The zero-order valence-corrected chi connectivity index (χ0v) is 13.2. The monoisotopic (exact) mass is 309 g/mol. The number of piperidine rings is 1. The lowest BCUT2D eigenvalue weighted by Gasteiger charge is -2.30. The van der Waals surface area contributed by atoms with E-state index in [2.05, 4.69) is 16.7 Å². The highest BCUT2D eigenvalue weighted by molar-refractivity contribution is 5.77. The van der Waals surface area contributed by atoms with E-state index in [-0.39, 0.29) is 6.10 Å². The first-order valence-electron chi connectivity index (χ1n) is 7.34. The minimum absolute atomic E-state index is 0.107. The summed E-state index contributed by atoms with van der Waals surface area (Å²) in [7, 11) is 4.81. The van der Waals surface area contributed by atoms with Crippen LogP contribution < -0.4 is 9.47 Å². The maximum absolute atomic E-state index is 11.5. The number of carbonyl (C=O) groups excluding carboxylic acids is 1. The fourth-order valence-electron chi connectivity index (χ4n) is 2.58. The van der Waals surface area contributed by atoms with Crippen LogP contribution in [-0.4, -0.2) is 56.4 Å². The van der Waals surface area contributed by atoms with Crippen molar-refractivity contribution in [2.75, 3.05) is 34.4 Å². The molecule has 0 bridgehead atoms. The number of nitrogens with zero attached hydrogens (tertiary/aromatic N) is 1. The van der Waals surface area contributed by atoms with E-state index in [0.717, 1.165) is 25.9 Å². The van der Waals surface area contributed by atoms with Crippen LogP contribution in [0, 0.1) is 0 Å². The summed E-state index contributed by atoms with van der Waals surface area (Å²) in [5, 5.41) is 10.0. The number of hydrogen-bond acceptors (Lipinski definition) is 6. The van der Waals surface area contributed by atoms with Gasteiger partial charge in [-0.25, -0.2) is 4.79 Å². The van der Waals surface area contributed by atoms with Crippen LogP contribution in [0.4, 0.5) is 0 Å². The van der Waals surface area contributed by atoms with Gasteiger partial charge in [0, 0.05) is 18.7 Å². The molecule has 1 aliphatic rings. The number of benzene rings is 1. The molecular formula is C16H23NO5. The van der Waals surface area contributed by atoms with Crippen LogP contribution in [0.15, 0.2) is 18.2 Å². The Morgan fingerprint density at radius 1 is 1.32 bits per heavy atom. The SMILES string of the molecule is COC(=O)C(O)c1cccc(OC2CCN(C)CC2)c1OC. The van der Waals surface area contributed by atoms with Crippen LogP contribution in [0.2, 0.25) is 0 Å². The minimum atomic E-state index is -1.39. The Balaban J connectivity index is 2.19. The van der Waals surface area contributed by atoms with E-state index < -0.39 is 12.1 Å². The first-order chi connectivity index (χ1) is 10.6. The van der Waals surface area contributed by atoms with Gasteiger partial charge in [-0.1, -0.05) is 12.1 Å². The first-order valence-corrected chi connectivity index (χ1v) is 7.34. The van der Waals surface area contributed by atoms with Gasteiger partial charge in [-0.3, -0.25) is 0 Å². The molecule has 1 aromatic rings. The van der Waals surface area contributed by atoms with Crippen molar-refractivity contribution in [3.05, 3.63) is 23.8 Å². The lowest BCUT2D eigenvalue weighted by Crippen LogP contribution is -2.35. The molecule has 1 fully saturated rings. The molecule has 6 heteroatoms. The fraction of sp³-hybridized carbons (Fsp3) is 0.562. The summed E-state index contributed by atoms with van der Waals surface area (Å²) in [6.07, 6.45) is 0.587. The predicted molar refractivity (Wildman–Crippen MR) is 81.1 cm³/mol. The van der Waals surface area contributed by atoms with Crippen molar-refractivity contribution in [2.45, 2.75) is 25.0 Å². The second kappa shape index (κ2) is 7.47. The summed E-state index contributed by atoms with van der Waals surface area (Å²) in [4.78, 5) is 13.8. The van der Waals surface area contributed by atoms with E-state index in [4.69, 9.17) is 9.47 Å². The molecule has 0 spiro atoms. The van der Waals surface area contributed by atoms with E-state index in [9.17, 15) is 9.90 Å². The highest BCUT2D eigenvalue weighted by atomic mass is 16.5. The molecule has 1 aromatic carbocycles. The van der Waals surface area contributed by atoms with Crippen LogP contribution >= 0.6 is 0 Å². The first kappa shape index (κ1) is 16.6. The van der Waals surface area contributed by atoms with Gasteiger partial charge in [0.1, 0.15) is 6.10 Å². The van der Waals surface area contributed by atoms with Gasteiger partial charge in [0.2, 0.25) is 0 Å². The third-order valence-electron chi connectivity index (χ3n) is 3.89. The summed E-state index contributed by atoms with van der Waals surface area (Å²) >= 11 is 0. The number of likely N-dealkylation sites (tertiary alicyclic amines) is 1. The van der Waals surface area contributed by atoms with E-state index in [1.165, 1.54) is 14.2 Å². The van der Waals surface area contributed by atoms with Gasteiger partial charge in [-0.2, -0.15) is 0 Å². The smallest absolute Gasteiger partial charge is 0.339 e. The largest absolute Gasteiger partial charge is 0.492 e. The Morgan fingerprint density at radius 2 is 2.00 bits per heavy atom. The number of carbonyl (C=O) groups is 1. The molecule has 0 amide bonds. The second-order valence-electron chi connectivity index (χ2n) is 5.42. The highest BCUT2D eigenvalue weighted by Gasteiger charge is 2.26. The molecule has 0 aliphatic carbocycles. The van der Waals surface area contributed by atoms with Gasteiger partial charge >= 0.3 is 5.97 Å². The van der Waals surface area contributed by atoms with Crippen molar-refractivity contribution in [3.63, 3.8) is 0 Å². The van der Waals surface area contributed by atoms with Crippen LogP contribution in [0.1, 0.15) is 24.5 Å². The number of aliphatic hydroxyl groups excluding tert-OH is 1. The number of rotatable bonds is 5. The van der Waals surface area contributed by atoms with E-state index in [0.29, 0.717) is 17.1 Å². The van der Waals surface area contributed by atoms with Crippen molar-refractivity contribution in [1.82, 2.24) is 4.90 Å². The molecule has 1 saturated heterocycles. The normalized spacial score (nSPS) is 17.8. The molecule has 0 saturated carbocycles. The standard InChI is InChI=1S/C16H23NO5/c1-17-9-7-11(8-10-17)22-13-6-4-5-12(15(13)20-2)14(18)16(19)21-3/h4-6,11,14,18H,7-10H2,1-3H3. The molecule has 22 heavy (non-hydrogen) atoms. The molecule has 1 heterocycles. The number of methoxy groups -OCH3 is 2. The molecule has 1 unspecified atom stereocenters. The molecule has 2 rings (SSSR count). The van der Waals surface area contributed by atoms with Crippen LogP contribution in [-0.2, 0) is 9.53 Å². The van der Waals surface area contributed by atoms with Crippen molar-refractivity contribution in [1.29, 1.82) is 0 Å². The highest BCUT2D eigenvalue weighted by Crippen LogP contribution is 2.36. The summed E-state index contributed by atoms with van der Waals surface area (Å²) in [5.74, 6) is 0.187. The quantitative estimate of drug-likeness (QED) is 0.829. The minimum Gasteiger partial charge on any atom is -0.492 e. The second-order valence-corrected chi connectivity index (χ2v) is 5.42. The maximum Gasteiger partial charge on any atom is 0.339 e. The lowest BCUT2D eigenvalue weighted by atomic mass is 10.1. The topological polar surface area (TPSA) is 68.2 Å². The summed E-state index contributed by atoms with van der Waals surface area (Å²) in [6, 6.07) is 5.14. The zero-order chi connectivity index (χ0) is 16.1. The van der Waals surface area contributed by atoms with E-state index >= 15 is 0 Å². The fourth-order valence-corrected chi connectivity index (χ4v) is 2.58. The van der Waals surface area contributed by atoms with Gasteiger partial charge in [0.05, 0.1) is 14.2 Å². The average Bonchev–Trinajstić information content (AvgIpc) is 2.55. The molecule has 1 aliphatic heterocycles. The Hall–Kier alpha value is -1.79. The molecule has 1 atom stereocenters. The van der Waals surface area contributed by atoms with E-state index in [1.807, 2.05) is 0 Å². The van der Waals surface area contributed by atoms with Crippen LogP contribution in [0.3, 0.4) is 0 Å². The van der Waals surface area contributed by atoms with Crippen LogP contribution in [0.25, 0.3) is 0 Å². The van der Waals surface area contributed by atoms with Crippen molar-refractivity contribution >= 4 is 5.97 Å². The Labute approximate surface area is 130 Å². The summed E-state index contributed by atoms with van der Waals surface area (Å²) in [5.41, 5.74) is 0.347. The number of ether oxygens (including phenoxy) is 3. The van der Waals surface area contributed by atoms with Gasteiger partial charge in [0.15, 0.2) is 17.6 Å². The molecule has 122 valence electrons. The number of para-hydroxylation sites is 1. The number of aliphatic hydroxyl groups is 1. The third kappa shape index (κ3) is 3.69. The molecular weight excluding hydrogens is 286 g/mol. The molecule has 6 nitrogen and oxygen atoms in total.